The number of nitrogens with two attached hydrogens (primary N) is 2. The summed E-state index contributed by atoms with van der Waals surface area (Å²) in [6, 6.07) is 12.9. The normalized spacial score (nSPS) is 12.1. The number of nitrogens with one attached hydrogen (secondary N) is 2. The number of benzene rings is 2. The molecule has 8 N–H and O–H groups in total. The summed E-state index contributed by atoms with van der Waals surface area (Å²) in [5.41, 5.74) is 11.5. The van der Waals surface area contributed by atoms with E-state index in [9.17, 15) is 24.3 Å². The molecule has 2 amide bonds. The van der Waals surface area contributed by atoms with E-state index in [1.165, 1.54) is 12.1 Å². The minimum absolute atomic E-state index is 0.183. The number of nitrogens with zero attached hydrogens (tertiary/aromatic N) is 1. The van der Waals surface area contributed by atoms with Gasteiger partial charge in [-0.15, -0.1) is 0 Å². The van der Waals surface area contributed by atoms with Crippen molar-refractivity contribution in [2.75, 3.05) is 13.2 Å². The Bertz CT molecular complexity index is 1040. The minimum atomic E-state index is -1.68. The summed E-state index contributed by atoms with van der Waals surface area (Å²) in [5.74, 6) is -4.33. The van der Waals surface area contributed by atoms with Gasteiger partial charge in [0.25, 0.3) is 5.91 Å². The van der Waals surface area contributed by atoms with Crippen LogP contribution in [0, 0.1) is 0 Å². The molecule has 2 rings (SSSR count). The van der Waals surface area contributed by atoms with Gasteiger partial charge in [-0.3, -0.25) is 9.59 Å². The van der Waals surface area contributed by atoms with Crippen LogP contribution in [0.4, 0.5) is 5.69 Å². The maximum atomic E-state index is 12.5. The van der Waals surface area contributed by atoms with Crippen LogP contribution in [0.25, 0.3) is 0 Å². The summed E-state index contributed by atoms with van der Waals surface area (Å²) in [6.07, 6.45) is -1.68. The molecule has 0 aliphatic heterocycles. The Labute approximate surface area is 188 Å². The van der Waals surface area contributed by atoms with E-state index >= 15 is 0 Å². The van der Waals surface area contributed by atoms with Crippen molar-refractivity contribution >= 4 is 35.4 Å². The molecule has 2 aromatic carbocycles. The predicted molar refractivity (Wildman–Crippen MR) is 117 cm³/mol. The second-order valence-electron chi connectivity index (χ2n) is 6.69. The fraction of sp³-hybridized carbons (Fsp3) is 0.190. The Morgan fingerprint density at radius 1 is 1.00 bits per heavy atom. The molecule has 0 radical (unpaired) electrons. The number of rotatable bonds is 11. The molecule has 12 nitrogen and oxygen atoms in total. The van der Waals surface area contributed by atoms with Crippen LogP contribution in [0.2, 0.25) is 0 Å². The van der Waals surface area contributed by atoms with Gasteiger partial charge in [0.2, 0.25) is 5.91 Å². The summed E-state index contributed by atoms with van der Waals surface area (Å²) in [6.45, 7) is -1.36. The molecule has 0 saturated heterocycles. The zero-order valence-corrected chi connectivity index (χ0v) is 17.3. The fourth-order valence-corrected chi connectivity index (χ4v) is 2.82. The van der Waals surface area contributed by atoms with Gasteiger partial charge in [-0.25, -0.2) is 14.6 Å². The van der Waals surface area contributed by atoms with Gasteiger partial charge in [0.05, 0.1) is 18.3 Å². The number of carbonyl (C=O) groups excluding carboxylic acids is 2. The predicted octanol–water partition coefficient (Wildman–Crippen LogP) is -0.267. The highest BCUT2D eigenvalue weighted by atomic mass is 16.5. The molecular formula is C21H23N5O7. The van der Waals surface area contributed by atoms with E-state index in [-0.39, 0.29) is 11.5 Å². The first kappa shape index (κ1) is 24.8. The first-order valence-electron chi connectivity index (χ1n) is 9.55. The molecule has 12 heteroatoms. The molecule has 174 valence electrons. The molecule has 0 fully saturated rings. The van der Waals surface area contributed by atoms with Crippen LogP contribution < -0.4 is 22.1 Å². The number of ether oxygens (including phenoxy) is 1. The Balaban J connectivity index is 2.11. The average molecular weight is 457 g/mol. The molecule has 2 aromatic rings. The first-order chi connectivity index (χ1) is 15.7. The van der Waals surface area contributed by atoms with E-state index in [4.69, 9.17) is 21.3 Å². The van der Waals surface area contributed by atoms with Crippen LogP contribution in [-0.2, 0) is 19.1 Å². The van der Waals surface area contributed by atoms with Gasteiger partial charge in [0.15, 0.2) is 12.1 Å². The van der Waals surface area contributed by atoms with Crippen molar-refractivity contribution in [3.8, 4) is 0 Å². The fourth-order valence-electron chi connectivity index (χ4n) is 2.82. The second-order valence-corrected chi connectivity index (χ2v) is 6.69. The highest BCUT2D eigenvalue weighted by Gasteiger charge is 2.32. The van der Waals surface area contributed by atoms with E-state index in [0.717, 1.165) is 0 Å². The zero-order valence-electron chi connectivity index (χ0n) is 17.3. The van der Waals surface area contributed by atoms with E-state index in [0.29, 0.717) is 11.3 Å². The molecule has 2 unspecified atom stereocenters. The number of aliphatic imine (C=N–C) groups is 1. The summed E-state index contributed by atoms with van der Waals surface area (Å²) in [5, 5.41) is 23.2. The molecule has 33 heavy (non-hydrogen) atoms. The smallest absolute Gasteiger partial charge is 0.335 e. The molecule has 0 aliphatic carbocycles. The monoisotopic (exact) mass is 457 g/mol. The molecule has 0 saturated carbocycles. The van der Waals surface area contributed by atoms with Crippen LogP contribution in [0.15, 0.2) is 59.6 Å². The Morgan fingerprint density at radius 2 is 1.70 bits per heavy atom. The van der Waals surface area contributed by atoms with Crippen molar-refractivity contribution in [2.45, 2.75) is 12.1 Å². The van der Waals surface area contributed by atoms with Crippen LogP contribution in [0.1, 0.15) is 22.0 Å². The number of amides is 2. The van der Waals surface area contributed by atoms with Gasteiger partial charge in [0, 0.05) is 5.56 Å². The quantitative estimate of drug-likeness (QED) is 0.194. The maximum absolute atomic E-state index is 12.5. The van der Waals surface area contributed by atoms with E-state index in [1.54, 1.807) is 42.5 Å². The summed E-state index contributed by atoms with van der Waals surface area (Å²) >= 11 is 0. The van der Waals surface area contributed by atoms with Gasteiger partial charge in [-0.1, -0.05) is 36.4 Å². The number of hydrogen-bond acceptors (Lipinski definition) is 6. The van der Waals surface area contributed by atoms with E-state index in [1.807, 2.05) is 0 Å². The lowest BCUT2D eigenvalue weighted by Gasteiger charge is -2.25. The summed E-state index contributed by atoms with van der Waals surface area (Å²) in [4.78, 5) is 51.2. The molecule has 0 bridgehead atoms. The third-order valence-electron chi connectivity index (χ3n) is 4.18. The molecule has 0 aromatic heterocycles. The third-order valence-corrected chi connectivity index (χ3v) is 4.18. The first-order valence-corrected chi connectivity index (χ1v) is 9.55. The topological polar surface area (TPSA) is 206 Å². The van der Waals surface area contributed by atoms with Crippen LogP contribution in [0.3, 0.4) is 0 Å². The number of guanidine groups is 1. The number of carbonyl (C=O) groups is 4. The van der Waals surface area contributed by atoms with Gasteiger partial charge in [0.1, 0.15) is 6.61 Å². The maximum Gasteiger partial charge on any atom is 0.335 e. The number of carboxylic acids is 2. The standard InChI is InChI=1S/C21H23N5O7/c22-21(23)25-14-8-4-7-13(9-14)19(30)24-10-15(27)26-17(12-5-2-1-3-6-12)18(20(31)32)33-11-16(28)29/h1-9,17-18H,10-11H2,(H,24,30)(H,26,27)(H,28,29)(H,31,32)(H4,22,23,25). The molecule has 2 atom stereocenters. The lowest BCUT2D eigenvalue weighted by atomic mass is 10.0. The van der Waals surface area contributed by atoms with Gasteiger partial charge in [-0.05, 0) is 23.8 Å². The van der Waals surface area contributed by atoms with Crippen LogP contribution >= 0.6 is 0 Å². The number of carboxylic acid groups (broad SMARTS) is 2. The van der Waals surface area contributed by atoms with Crippen molar-refractivity contribution in [2.24, 2.45) is 16.5 Å². The Hall–Kier alpha value is -4.45. The minimum Gasteiger partial charge on any atom is -0.480 e. The van der Waals surface area contributed by atoms with Gasteiger partial charge < -0.3 is 37.1 Å². The highest BCUT2D eigenvalue weighted by Crippen LogP contribution is 2.20. The van der Waals surface area contributed by atoms with Crippen LogP contribution in [-0.4, -0.2) is 59.2 Å². The van der Waals surface area contributed by atoms with E-state index in [2.05, 4.69) is 15.6 Å². The highest BCUT2D eigenvalue weighted by molar-refractivity contribution is 5.97. The lowest BCUT2D eigenvalue weighted by Crippen LogP contribution is -2.45. The third kappa shape index (κ3) is 7.95. The molecular weight excluding hydrogens is 434 g/mol. The van der Waals surface area contributed by atoms with Crippen molar-refractivity contribution in [1.82, 2.24) is 10.6 Å². The SMILES string of the molecule is NC(N)=Nc1cccc(C(=O)NCC(=O)NC(c2ccccc2)C(OCC(=O)O)C(=O)O)c1. The number of hydrogen-bond donors (Lipinski definition) is 6. The van der Waals surface area contributed by atoms with Crippen molar-refractivity contribution in [1.29, 1.82) is 0 Å². The van der Waals surface area contributed by atoms with Gasteiger partial charge in [-0.2, -0.15) is 0 Å². The molecule has 0 heterocycles. The van der Waals surface area contributed by atoms with Gasteiger partial charge >= 0.3 is 11.9 Å². The largest absolute Gasteiger partial charge is 0.480 e. The number of aliphatic carboxylic acids is 2. The lowest BCUT2D eigenvalue weighted by molar-refractivity contribution is -0.158. The average Bonchev–Trinajstić information content (AvgIpc) is 2.76. The van der Waals surface area contributed by atoms with Crippen molar-refractivity contribution < 1.29 is 34.1 Å². The molecule has 0 spiro atoms. The van der Waals surface area contributed by atoms with Crippen molar-refractivity contribution in [3.63, 3.8) is 0 Å². The van der Waals surface area contributed by atoms with Crippen molar-refractivity contribution in [3.05, 3.63) is 65.7 Å². The second kappa shape index (κ2) is 11.8. The Kier molecular flexibility index (Phi) is 8.88. The van der Waals surface area contributed by atoms with E-state index < -0.39 is 49.1 Å². The Morgan fingerprint density at radius 3 is 2.30 bits per heavy atom. The molecule has 0 aliphatic rings. The van der Waals surface area contributed by atoms with Crippen LogP contribution in [0.5, 0.6) is 0 Å². The zero-order chi connectivity index (χ0) is 24.4. The summed E-state index contributed by atoms with van der Waals surface area (Å²) < 4.78 is 4.99. The summed E-state index contributed by atoms with van der Waals surface area (Å²) in [7, 11) is 0.